The first-order valence-corrected chi connectivity index (χ1v) is 7.71. The second kappa shape index (κ2) is 6.64. The number of nitrogens with zero attached hydrogens (tertiary/aromatic N) is 1. The van der Waals surface area contributed by atoms with Crippen LogP contribution in [0.3, 0.4) is 0 Å². The second-order valence-electron chi connectivity index (χ2n) is 5.11. The van der Waals surface area contributed by atoms with Crippen LogP contribution in [0.2, 0.25) is 0 Å². The third-order valence-corrected chi connectivity index (χ3v) is 4.50. The summed E-state index contributed by atoms with van der Waals surface area (Å²) >= 11 is 1.41. The fourth-order valence-electron chi connectivity index (χ4n) is 2.38. The number of carboxylic acids is 1. The Hall–Kier alpha value is -1.31. The fraction of sp³-hybridized carbons (Fsp3) is 0.692. The summed E-state index contributed by atoms with van der Waals surface area (Å²) in [5.41, 5.74) is 0.622. The Kier molecular flexibility index (Phi) is 5.08. The van der Waals surface area contributed by atoms with Gasteiger partial charge in [0, 0.05) is 17.8 Å². The Morgan fingerprint density at radius 2 is 2.19 bits per heavy atom. The van der Waals surface area contributed by atoms with E-state index in [9.17, 15) is 18.0 Å². The number of thiazole rings is 1. The Morgan fingerprint density at radius 1 is 1.43 bits per heavy atom. The predicted octanol–water partition coefficient (Wildman–Crippen LogP) is 3.79. The molecule has 0 fully saturated rings. The third-order valence-electron chi connectivity index (χ3n) is 3.42. The molecule has 8 heteroatoms. The molecule has 0 saturated carbocycles. The van der Waals surface area contributed by atoms with E-state index >= 15 is 0 Å². The standard InChI is InChI=1S/C13H17F3N2O2S/c14-13(15,16)6-1-2-7-17-12-18-10-8(11(19)20)4-3-5-9(10)21-12/h8H,1-7H2,(H,17,18)(H,19,20). The number of rotatable bonds is 6. The van der Waals surface area contributed by atoms with E-state index in [0.717, 1.165) is 17.7 Å². The fourth-order valence-corrected chi connectivity index (χ4v) is 3.47. The topological polar surface area (TPSA) is 62.2 Å². The summed E-state index contributed by atoms with van der Waals surface area (Å²) in [4.78, 5) is 16.4. The van der Waals surface area contributed by atoms with E-state index in [1.807, 2.05) is 0 Å². The minimum absolute atomic E-state index is 0.0827. The van der Waals surface area contributed by atoms with Crippen molar-refractivity contribution in [2.24, 2.45) is 0 Å². The van der Waals surface area contributed by atoms with E-state index in [1.165, 1.54) is 11.3 Å². The molecular formula is C13H17F3N2O2S. The molecule has 0 spiro atoms. The molecule has 1 aliphatic rings. The predicted molar refractivity (Wildman–Crippen MR) is 73.8 cm³/mol. The van der Waals surface area contributed by atoms with E-state index in [0.29, 0.717) is 30.2 Å². The number of anilines is 1. The van der Waals surface area contributed by atoms with Gasteiger partial charge in [-0.15, -0.1) is 11.3 Å². The summed E-state index contributed by atoms with van der Waals surface area (Å²) < 4.78 is 36.0. The number of carbonyl (C=O) groups is 1. The molecule has 0 radical (unpaired) electrons. The summed E-state index contributed by atoms with van der Waals surface area (Å²) in [6.45, 7) is 0.417. The number of aromatic nitrogens is 1. The number of alkyl halides is 3. The quantitative estimate of drug-likeness (QED) is 0.782. The molecular weight excluding hydrogens is 305 g/mol. The molecule has 1 unspecified atom stereocenters. The molecule has 1 atom stereocenters. The van der Waals surface area contributed by atoms with Gasteiger partial charge in [0.05, 0.1) is 5.69 Å². The van der Waals surface area contributed by atoms with Gasteiger partial charge in [-0.2, -0.15) is 13.2 Å². The zero-order valence-corrected chi connectivity index (χ0v) is 12.2. The van der Waals surface area contributed by atoms with Gasteiger partial charge < -0.3 is 10.4 Å². The van der Waals surface area contributed by atoms with Crippen molar-refractivity contribution in [1.29, 1.82) is 0 Å². The molecule has 1 aromatic rings. The van der Waals surface area contributed by atoms with Gasteiger partial charge in [0.1, 0.15) is 5.92 Å². The summed E-state index contributed by atoms with van der Waals surface area (Å²) in [6, 6.07) is 0. The lowest BCUT2D eigenvalue weighted by Crippen LogP contribution is -2.17. The maximum atomic E-state index is 12.0. The molecule has 2 N–H and O–H groups in total. The number of nitrogens with one attached hydrogen (secondary N) is 1. The first-order valence-electron chi connectivity index (χ1n) is 6.90. The number of aliphatic carboxylic acids is 1. The van der Waals surface area contributed by atoms with Crippen LogP contribution in [-0.4, -0.2) is 28.8 Å². The van der Waals surface area contributed by atoms with Crippen LogP contribution in [-0.2, 0) is 11.2 Å². The molecule has 0 bridgehead atoms. The van der Waals surface area contributed by atoms with Crippen molar-refractivity contribution in [2.45, 2.75) is 50.6 Å². The Bertz CT molecular complexity index is 502. The first-order chi connectivity index (χ1) is 9.87. The van der Waals surface area contributed by atoms with Gasteiger partial charge in [-0.1, -0.05) is 0 Å². The zero-order chi connectivity index (χ0) is 15.5. The summed E-state index contributed by atoms with van der Waals surface area (Å²) in [5, 5.41) is 12.8. The highest BCUT2D eigenvalue weighted by Gasteiger charge is 2.30. The molecule has 0 saturated heterocycles. The van der Waals surface area contributed by atoms with Crippen molar-refractivity contribution < 1.29 is 23.1 Å². The Labute approximate surface area is 124 Å². The minimum Gasteiger partial charge on any atom is -0.481 e. The van der Waals surface area contributed by atoms with E-state index in [2.05, 4.69) is 10.3 Å². The van der Waals surface area contributed by atoms with Crippen LogP contribution in [0.4, 0.5) is 18.3 Å². The van der Waals surface area contributed by atoms with Gasteiger partial charge in [-0.05, 0) is 32.1 Å². The van der Waals surface area contributed by atoms with Crippen molar-refractivity contribution in [1.82, 2.24) is 4.98 Å². The highest BCUT2D eigenvalue weighted by molar-refractivity contribution is 7.15. The average molecular weight is 322 g/mol. The summed E-state index contributed by atoms with van der Waals surface area (Å²) in [7, 11) is 0. The van der Waals surface area contributed by atoms with Crippen LogP contribution in [0.15, 0.2) is 0 Å². The number of hydrogen-bond acceptors (Lipinski definition) is 4. The highest BCUT2D eigenvalue weighted by Crippen LogP contribution is 2.36. The van der Waals surface area contributed by atoms with Crippen LogP contribution in [0.1, 0.15) is 48.6 Å². The van der Waals surface area contributed by atoms with E-state index in [4.69, 9.17) is 5.11 Å². The van der Waals surface area contributed by atoms with Crippen LogP contribution < -0.4 is 5.32 Å². The van der Waals surface area contributed by atoms with Crippen LogP contribution in [0.25, 0.3) is 0 Å². The normalized spacial score (nSPS) is 18.3. The van der Waals surface area contributed by atoms with Crippen LogP contribution in [0, 0.1) is 0 Å². The van der Waals surface area contributed by atoms with E-state index in [1.54, 1.807) is 0 Å². The Morgan fingerprint density at radius 3 is 2.86 bits per heavy atom. The lowest BCUT2D eigenvalue weighted by Gasteiger charge is -2.16. The third kappa shape index (κ3) is 4.59. The van der Waals surface area contributed by atoms with Gasteiger partial charge >= 0.3 is 12.1 Å². The smallest absolute Gasteiger partial charge is 0.389 e. The van der Waals surface area contributed by atoms with Gasteiger partial charge in [0.15, 0.2) is 5.13 Å². The number of carboxylic acid groups (broad SMARTS) is 1. The minimum atomic E-state index is -4.10. The zero-order valence-electron chi connectivity index (χ0n) is 11.4. The molecule has 1 aliphatic carbocycles. The molecule has 21 heavy (non-hydrogen) atoms. The van der Waals surface area contributed by atoms with Gasteiger partial charge in [-0.25, -0.2) is 4.98 Å². The maximum Gasteiger partial charge on any atom is 0.389 e. The highest BCUT2D eigenvalue weighted by atomic mass is 32.1. The Balaban J connectivity index is 1.84. The molecule has 1 aromatic heterocycles. The SMILES string of the molecule is O=C(O)C1CCCc2sc(NCCCCC(F)(F)F)nc21. The number of unbranched alkanes of at least 4 members (excludes halogenated alkanes) is 1. The number of hydrogen-bond donors (Lipinski definition) is 2. The molecule has 118 valence electrons. The van der Waals surface area contributed by atoms with Crippen molar-refractivity contribution in [3.05, 3.63) is 10.6 Å². The molecule has 1 heterocycles. The lowest BCUT2D eigenvalue weighted by atomic mass is 9.91. The van der Waals surface area contributed by atoms with Crippen molar-refractivity contribution >= 4 is 22.4 Å². The maximum absolute atomic E-state index is 12.0. The van der Waals surface area contributed by atoms with E-state index in [-0.39, 0.29) is 6.42 Å². The van der Waals surface area contributed by atoms with Crippen LogP contribution in [0.5, 0.6) is 0 Å². The number of halogens is 3. The molecule has 4 nitrogen and oxygen atoms in total. The number of aryl methyl sites for hydroxylation is 1. The van der Waals surface area contributed by atoms with Crippen LogP contribution >= 0.6 is 11.3 Å². The summed E-state index contributed by atoms with van der Waals surface area (Å²) in [5.74, 6) is -1.41. The largest absolute Gasteiger partial charge is 0.481 e. The molecule has 0 aliphatic heterocycles. The van der Waals surface area contributed by atoms with Gasteiger partial charge in [0.2, 0.25) is 0 Å². The lowest BCUT2D eigenvalue weighted by molar-refractivity contribution is -0.139. The summed E-state index contributed by atoms with van der Waals surface area (Å²) in [6.07, 6.45) is -2.13. The molecule has 0 aromatic carbocycles. The average Bonchev–Trinajstić information content (AvgIpc) is 2.79. The van der Waals surface area contributed by atoms with E-state index < -0.39 is 24.5 Å². The first kappa shape index (κ1) is 16.1. The molecule has 2 rings (SSSR count). The second-order valence-corrected chi connectivity index (χ2v) is 6.19. The van der Waals surface area contributed by atoms with Crippen molar-refractivity contribution in [2.75, 3.05) is 11.9 Å². The molecule has 0 amide bonds. The van der Waals surface area contributed by atoms with Crippen molar-refractivity contribution in [3.63, 3.8) is 0 Å². The monoisotopic (exact) mass is 322 g/mol. The van der Waals surface area contributed by atoms with Gasteiger partial charge in [0.25, 0.3) is 0 Å². The van der Waals surface area contributed by atoms with Crippen molar-refractivity contribution in [3.8, 4) is 0 Å². The van der Waals surface area contributed by atoms with Gasteiger partial charge in [-0.3, -0.25) is 4.79 Å². The number of fused-ring (bicyclic) bond motifs is 1.